The minimum atomic E-state index is -0.262. The maximum atomic E-state index is 12.1. The van der Waals surface area contributed by atoms with Gasteiger partial charge in [0.1, 0.15) is 5.69 Å². The van der Waals surface area contributed by atoms with Gasteiger partial charge in [-0.1, -0.05) is 24.3 Å². The molecular weight excluding hydrogens is 278 g/mol. The van der Waals surface area contributed by atoms with Crippen molar-refractivity contribution in [1.82, 2.24) is 15.3 Å². The van der Waals surface area contributed by atoms with Gasteiger partial charge in [0.15, 0.2) is 5.78 Å². The molecule has 3 aromatic rings. The molecule has 2 aromatic heterocycles. The van der Waals surface area contributed by atoms with Gasteiger partial charge in [-0.3, -0.25) is 14.6 Å². The molecule has 5 nitrogen and oxygen atoms in total. The van der Waals surface area contributed by atoms with E-state index in [2.05, 4.69) is 15.3 Å². The third-order valence-electron chi connectivity index (χ3n) is 3.51. The van der Waals surface area contributed by atoms with Crippen molar-refractivity contribution in [2.24, 2.45) is 0 Å². The van der Waals surface area contributed by atoms with Crippen LogP contribution in [0.25, 0.3) is 10.8 Å². The highest BCUT2D eigenvalue weighted by molar-refractivity contribution is 5.99. The lowest BCUT2D eigenvalue weighted by Gasteiger charge is -2.06. The third-order valence-corrected chi connectivity index (χ3v) is 3.51. The topological polar surface area (TPSA) is 74.8 Å². The van der Waals surface area contributed by atoms with Crippen LogP contribution in [0.3, 0.4) is 0 Å². The predicted molar refractivity (Wildman–Crippen MR) is 83.7 cm³/mol. The first-order valence-corrected chi connectivity index (χ1v) is 6.95. The number of rotatable bonds is 4. The molecule has 0 aliphatic heterocycles. The fourth-order valence-electron chi connectivity index (χ4n) is 2.31. The van der Waals surface area contributed by atoms with Crippen LogP contribution in [0.1, 0.15) is 33.5 Å². The second-order valence-corrected chi connectivity index (χ2v) is 5.02. The first kappa shape index (κ1) is 14.0. The van der Waals surface area contributed by atoms with Gasteiger partial charge in [0.05, 0.1) is 12.2 Å². The quantitative estimate of drug-likeness (QED) is 0.726. The van der Waals surface area contributed by atoms with E-state index in [0.717, 1.165) is 16.5 Å². The molecule has 110 valence electrons. The molecule has 0 fully saturated rings. The van der Waals surface area contributed by atoms with E-state index >= 15 is 0 Å². The van der Waals surface area contributed by atoms with Crippen molar-refractivity contribution in [2.45, 2.75) is 13.5 Å². The summed E-state index contributed by atoms with van der Waals surface area (Å²) in [6.45, 7) is 1.79. The highest BCUT2D eigenvalue weighted by atomic mass is 16.2. The molecule has 0 aliphatic carbocycles. The van der Waals surface area contributed by atoms with Crippen molar-refractivity contribution in [3.63, 3.8) is 0 Å². The number of nitrogens with one attached hydrogen (secondary N) is 2. The number of hydrogen-bond donors (Lipinski definition) is 2. The van der Waals surface area contributed by atoms with Crippen LogP contribution in [-0.4, -0.2) is 21.7 Å². The molecule has 0 atom stereocenters. The first-order chi connectivity index (χ1) is 10.6. The lowest BCUT2D eigenvalue weighted by atomic mass is 10.1. The Labute approximate surface area is 127 Å². The van der Waals surface area contributed by atoms with Gasteiger partial charge < -0.3 is 10.3 Å². The average Bonchev–Trinajstić information content (AvgIpc) is 3.03. The van der Waals surface area contributed by atoms with Gasteiger partial charge in [-0.05, 0) is 24.4 Å². The van der Waals surface area contributed by atoms with Crippen molar-refractivity contribution in [1.29, 1.82) is 0 Å². The number of ketones is 1. The molecule has 0 bridgehead atoms. The molecule has 0 aliphatic rings. The Balaban J connectivity index is 1.76. The summed E-state index contributed by atoms with van der Waals surface area (Å²) in [4.78, 5) is 30.5. The van der Waals surface area contributed by atoms with Crippen LogP contribution in [0, 0.1) is 0 Å². The van der Waals surface area contributed by atoms with Crippen molar-refractivity contribution < 1.29 is 9.59 Å². The van der Waals surface area contributed by atoms with E-state index in [9.17, 15) is 9.59 Å². The Kier molecular flexibility index (Phi) is 3.70. The number of carbonyl (C=O) groups is 2. The van der Waals surface area contributed by atoms with Gasteiger partial charge in [0.25, 0.3) is 5.91 Å². The number of aromatic nitrogens is 2. The van der Waals surface area contributed by atoms with E-state index in [4.69, 9.17) is 0 Å². The molecule has 0 saturated carbocycles. The van der Waals surface area contributed by atoms with Crippen molar-refractivity contribution in [3.8, 4) is 0 Å². The Morgan fingerprint density at radius 1 is 1.23 bits per heavy atom. The molecular formula is C17H15N3O2. The Bertz CT molecular complexity index is 846. The van der Waals surface area contributed by atoms with Gasteiger partial charge >= 0.3 is 0 Å². The molecule has 0 spiro atoms. The van der Waals surface area contributed by atoms with E-state index in [1.165, 1.54) is 13.1 Å². The zero-order valence-corrected chi connectivity index (χ0v) is 12.1. The normalized spacial score (nSPS) is 10.6. The number of benzene rings is 1. The highest BCUT2D eigenvalue weighted by Gasteiger charge is 2.11. The molecule has 0 unspecified atom stereocenters. The van der Waals surface area contributed by atoms with E-state index < -0.39 is 0 Å². The molecule has 0 radical (unpaired) electrons. The Morgan fingerprint density at radius 2 is 2.05 bits per heavy atom. The Morgan fingerprint density at radius 3 is 2.82 bits per heavy atom. The fraction of sp³-hybridized carbons (Fsp3) is 0.118. The molecule has 22 heavy (non-hydrogen) atoms. The van der Waals surface area contributed by atoms with E-state index in [-0.39, 0.29) is 11.7 Å². The van der Waals surface area contributed by atoms with Crippen LogP contribution < -0.4 is 5.32 Å². The van der Waals surface area contributed by atoms with Gasteiger partial charge in [-0.2, -0.15) is 0 Å². The number of pyridine rings is 1. The van der Waals surface area contributed by atoms with Crippen molar-refractivity contribution >= 4 is 22.5 Å². The zero-order chi connectivity index (χ0) is 15.5. The lowest BCUT2D eigenvalue weighted by molar-refractivity contribution is 0.0946. The molecule has 2 heterocycles. The van der Waals surface area contributed by atoms with Crippen LogP contribution in [-0.2, 0) is 6.54 Å². The number of nitrogens with zero attached hydrogens (tertiary/aromatic N) is 1. The number of fused-ring (bicyclic) bond motifs is 1. The van der Waals surface area contributed by atoms with Crippen LogP contribution in [0.2, 0.25) is 0 Å². The number of H-pyrrole nitrogens is 1. The first-order valence-electron chi connectivity index (χ1n) is 6.95. The molecule has 1 aromatic carbocycles. The van der Waals surface area contributed by atoms with Gasteiger partial charge in [-0.15, -0.1) is 0 Å². The summed E-state index contributed by atoms with van der Waals surface area (Å²) in [5.74, 6) is -0.340. The summed E-state index contributed by atoms with van der Waals surface area (Å²) in [5.41, 5.74) is 1.67. The van der Waals surface area contributed by atoms with Crippen molar-refractivity contribution in [2.75, 3.05) is 0 Å². The van der Waals surface area contributed by atoms with Crippen LogP contribution in [0.5, 0.6) is 0 Å². The monoisotopic (exact) mass is 293 g/mol. The molecule has 3 rings (SSSR count). The van der Waals surface area contributed by atoms with Crippen LogP contribution in [0.15, 0.2) is 48.8 Å². The van der Waals surface area contributed by atoms with Crippen molar-refractivity contribution in [3.05, 3.63) is 65.7 Å². The summed E-state index contributed by atoms with van der Waals surface area (Å²) in [7, 11) is 0. The summed E-state index contributed by atoms with van der Waals surface area (Å²) in [6, 6.07) is 11.4. The molecule has 1 amide bonds. The minimum Gasteiger partial charge on any atom is -0.356 e. The fourth-order valence-corrected chi connectivity index (χ4v) is 2.31. The van der Waals surface area contributed by atoms with Gasteiger partial charge in [0, 0.05) is 23.3 Å². The lowest BCUT2D eigenvalue weighted by Crippen LogP contribution is -2.23. The van der Waals surface area contributed by atoms with Gasteiger partial charge in [0.2, 0.25) is 0 Å². The zero-order valence-electron chi connectivity index (χ0n) is 12.1. The average molecular weight is 293 g/mol. The Hall–Kier alpha value is -2.95. The van der Waals surface area contributed by atoms with E-state index in [0.29, 0.717) is 17.8 Å². The summed E-state index contributed by atoms with van der Waals surface area (Å²) < 4.78 is 0. The smallest absolute Gasteiger partial charge is 0.268 e. The maximum absolute atomic E-state index is 12.1. The van der Waals surface area contributed by atoms with Crippen LogP contribution in [0.4, 0.5) is 0 Å². The van der Waals surface area contributed by atoms with E-state index in [1.54, 1.807) is 12.3 Å². The molecule has 5 heteroatoms. The number of amides is 1. The standard InChI is InChI=1S/C17H15N3O2/c1-11(21)13-8-15(19-9-13)17(22)20-10-16-14-5-3-2-4-12(14)6-7-18-16/h2-9,19H,10H2,1H3,(H,20,22). The second-order valence-electron chi connectivity index (χ2n) is 5.02. The summed E-state index contributed by atoms with van der Waals surface area (Å²) >= 11 is 0. The highest BCUT2D eigenvalue weighted by Crippen LogP contribution is 2.16. The summed E-state index contributed by atoms with van der Waals surface area (Å²) in [5, 5.41) is 4.91. The summed E-state index contributed by atoms with van der Waals surface area (Å²) in [6.07, 6.45) is 3.26. The van der Waals surface area contributed by atoms with E-state index in [1.807, 2.05) is 30.3 Å². The number of hydrogen-bond acceptors (Lipinski definition) is 3. The predicted octanol–water partition coefficient (Wildman–Crippen LogP) is 2.70. The van der Waals surface area contributed by atoms with Gasteiger partial charge in [-0.25, -0.2) is 0 Å². The number of carbonyl (C=O) groups excluding carboxylic acids is 2. The second kappa shape index (κ2) is 5.81. The SMILES string of the molecule is CC(=O)c1c[nH]c(C(=O)NCc2nccc3ccccc23)c1. The van der Waals surface area contributed by atoms with Crippen LogP contribution >= 0.6 is 0 Å². The molecule has 0 saturated heterocycles. The minimum absolute atomic E-state index is 0.0778. The largest absolute Gasteiger partial charge is 0.356 e. The molecule has 2 N–H and O–H groups in total. The maximum Gasteiger partial charge on any atom is 0.268 e. The number of aromatic amines is 1. The number of Topliss-reactive ketones (excluding diaryl/α,β-unsaturated/α-hetero) is 1. The third kappa shape index (κ3) is 2.74.